The first-order valence-electron chi connectivity index (χ1n) is 6.22. The lowest BCUT2D eigenvalue weighted by atomic mass is 9.85. The summed E-state index contributed by atoms with van der Waals surface area (Å²) in [6.45, 7) is 3.43. The molecule has 0 spiro atoms. The van der Waals surface area contributed by atoms with Crippen molar-refractivity contribution in [2.75, 3.05) is 6.54 Å². The van der Waals surface area contributed by atoms with Crippen LogP contribution in [-0.4, -0.2) is 12.6 Å². The van der Waals surface area contributed by atoms with Crippen LogP contribution in [0, 0.1) is 5.92 Å². The molecule has 1 atom stereocenters. The van der Waals surface area contributed by atoms with E-state index in [4.69, 9.17) is 11.6 Å². The molecule has 1 aliphatic rings. The SMILES string of the molecule is CC(Cc1cccc(Cl)c1)NCC1CCC1. The average Bonchev–Trinajstić information content (AvgIpc) is 2.15. The van der Waals surface area contributed by atoms with Crippen LogP contribution < -0.4 is 5.32 Å². The van der Waals surface area contributed by atoms with Crippen LogP contribution in [0.1, 0.15) is 31.7 Å². The van der Waals surface area contributed by atoms with Crippen molar-refractivity contribution < 1.29 is 0 Å². The topological polar surface area (TPSA) is 12.0 Å². The van der Waals surface area contributed by atoms with Crippen LogP contribution in [0.15, 0.2) is 24.3 Å². The maximum absolute atomic E-state index is 5.97. The van der Waals surface area contributed by atoms with E-state index >= 15 is 0 Å². The zero-order valence-corrected chi connectivity index (χ0v) is 10.6. The van der Waals surface area contributed by atoms with E-state index in [9.17, 15) is 0 Å². The summed E-state index contributed by atoms with van der Waals surface area (Å²) in [5.41, 5.74) is 1.32. The molecule has 1 saturated carbocycles. The highest BCUT2D eigenvalue weighted by Gasteiger charge is 2.17. The van der Waals surface area contributed by atoms with E-state index in [0.29, 0.717) is 6.04 Å². The molecule has 0 amide bonds. The molecule has 0 aliphatic heterocycles. The van der Waals surface area contributed by atoms with Crippen molar-refractivity contribution in [2.24, 2.45) is 5.92 Å². The lowest BCUT2D eigenvalue weighted by Crippen LogP contribution is -2.34. The maximum atomic E-state index is 5.97. The third-order valence-electron chi connectivity index (χ3n) is 3.41. The Balaban J connectivity index is 1.75. The summed E-state index contributed by atoms with van der Waals surface area (Å²) in [6, 6.07) is 8.70. The van der Waals surface area contributed by atoms with Crippen LogP contribution in [0.3, 0.4) is 0 Å². The average molecular weight is 238 g/mol. The minimum atomic E-state index is 0.541. The highest BCUT2D eigenvalue weighted by atomic mass is 35.5. The molecule has 1 aromatic rings. The van der Waals surface area contributed by atoms with Crippen LogP contribution in [-0.2, 0) is 6.42 Å². The molecule has 0 bridgehead atoms. The monoisotopic (exact) mass is 237 g/mol. The predicted octanol–water partition coefficient (Wildman–Crippen LogP) is 3.66. The molecule has 16 heavy (non-hydrogen) atoms. The highest BCUT2D eigenvalue weighted by Crippen LogP contribution is 2.25. The summed E-state index contributed by atoms with van der Waals surface area (Å²) in [5.74, 6) is 0.932. The fourth-order valence-electron chi connectivity index (χ4n) is 2.15. The predicted molar refractivity (Wildman–Crippen MR) is 70.0 cm³/mol. The number of halogens is 1. The van der Waals surface area contributed by atoms with E-state index in [1.54, 1.807) is 0 Å². The van der Waals surface area contributed by atoms with Gasteiger partial charge in [-0.15, -0.1) is 0 Å². The lowest BCUT2D eigenvalue weighted by Gasteiger charge is -2.27. The molecule has 1 unspecified atom stereocenters. The Kier molecular flexibility index (Phi) is 4.25. The van der Waals surface area contributed by atoms with E-state index in [1.165, 1.54) is 31.4 Å². The second-order valence-corrected chi connectivity index (χ2v) is 5.38. The number of nitrogens with one attached hydrogen (secondary N) is 1. The summed E-state index contributed by atoms with van der Waals surface area (Å²) in [6.07, 6.45) is 5.32. The molecule has 1 N–H and O–H groups in total. The van der Waals surface area contributed by atoms with Crippen molar-refractivity contribution in [1.82, 2.24) is 5.32 Å². The van der Waals surface area contributed by atoms with Crippen molar-refractivity contribution in [2.45, 2.75) is 38.6 Å². The second-order valence-electron chi connectivity index (χ2n) is 4.94. The molecule has 0 radical (unpaired) electrons. The first-order valence-corrected chi connectivity index (χ1v) is 6.59. The van der Waals surface area contributed by atoms with Crippen LogP contribution in [0.5, 0.6) is 0 Å². The molecule has 2 heteroatoms. The van der Waals surface area contributed by atoms with E-state index in [0.717, 1.165) is 17.4 Å². The van der Waals surface area contributed by atoms with E-state index in [1.807, 2.05) is 12.1 Å². The first kappa shape index (κ1) is 11.9. The molecular weight excluding hydrogens is 218 g/mol. The lowest BCUT2D eigenvalue weighted by molar-refractivity contribution is 0.291. The standard InChI is InChI=1S/C14H20ClN/c1-11(16-10-12-4-2-5-12)8-13-6-3-7-14(15)9-13/h3,6-7,9,11-12,16H,2,4-5,8,10H2,1H3. The molecule has 0 heterocycles. The van der Waals surface area contributed by atoms with Gasteiger partial charge in [0.25, 0.3) is 0 Å². The van der Waals surface area contributed by atoms with Crippen LogP contribution in [0.4, 0.5) is 0 Å². The van der Waals surface area contributed by atoms with Crippen molar-refractivity contribution in [3.63, 3.8) is 0 Å². The summed E-state index contributed by atoms with van der Waals surface area (Å²) in [5, 5.41) is 4.45. The van der Waals surface area contributed by atoms with Gasteiger partial charge >= 0.3 is 0 Å². The Morgan fingerprint density at radius 2 is 2.25 bits per heavy atom. The van der Waals surface area contributed by atoms with Crippen molar-refractivity contribution in [3.8, 4) is 0 Å². The van der Waals surface area contributed by atoms with Gasteiger partial charge in [0.2, 0.25) is 0 Å². The number of hydrogen-bond donors (Lipinski definition) is 1. The minimum Gasteiger partial charge on any atom is -0.314 e. The van der Waals surface area contributed by atoms with Gasteiger partial charge in [-0.2, -0.15) is 0 Å². The Hall–Kier alpha value is -0.530. The molecule has 1 fully saturated rings. The van der Waals surface area contributed by atoms with Gasteiger partial charge in [0, 0.05) is 11.1 Å². The smallest absolute Gasteiger partial charge is 0.0408 e. The fourth-order valence-corrected chi connectivity index (χ4v) is 2.37. The van der Waals surface area contributed by atoms with Gasteiger partial charge in [0.1, 0.15) is 0 Å². The van der Waals surface area contributed by atoms with Crippen LogP contribution in [0.25, 0.3) is 0 Å². The Morgan fingerprint density at radius 3 is 2.88 bits per heavy atom. The first-order chi connectivity index (χ1) is 7.74. The van der Waals surface area contributed by atoms with Crippen LogP contribution in [0.2, 0.25) is 5.02 Å². The van der Waals surface area contributed by atoms with E-state index in [-0.39, 0.29) is 0 Å². The summed E-state index contributed by atoms with van der Waals surface area (Å²) in [7, 11) is 0. The molecule has 1 aliphatic carbocycles. The summed E-state index contributed by atoms with van der Waals surface area (Å²) in [4.78, 5) is 0. The minimum absolute atomic E-state index is 0.541. The quantitative estimate of drug-likeness (QED) is 0.824. The molecule has 88 valence electrons. The van der Waals surface area contributed by atoms with Gasteiger partial charge in [-0.05, 0) is 56.3 Å². The normalized spacial score (nSPS) is 18.1. The highest BCUT2D eigenvalue weighted by molar-refractivity contribution is 6.30. The number of hydrogen-bond acceptors (Lipinski definition) is 1. The molecule has 0 saturated heterocycles. The number of rotatable bonds is 5. The summed E-state index contributed by atoms with van der Waals surface area (Å²) < 4.78 is 0. The van der Waals surface area contributed by atoms with Gasteiger partial charge in [0.15, 0.2) is 0 Å². The van der Waals surface area contributed by atoms with Gasteiger partial charge in [-0.1, -0.05) is 30.2 Å². The van der Waals surface area contributed by atoms with Crippen LogP contribution >= 0.6 is 11.6 Å². The van der Waals surface area contributed by atoms with Gasteiger partial charge in [-0.3, -0.25) is 0 Å². The zero-order valence-electron chi connectivity index (χ0n) is 9.88. The van der Waals surface area contributed by atoms with Gasteiger partial charge in [0.05, 0.1) is 0 Å². The Morgan fingerprint density at radius 1 is 1.44 bits per heavy atom. The van der Waals surface area contributed by atoms with E-state index < -0.39 is 0 Å². The Bertz CT molecular complexity index is 333. The van der Waals surface area contributed by atoms with Crippen molar-refractivity contribution in [3.05, 3.63) is 34.9 Å². The van der Waals surface area contributed by atoms with Gasteiger partial charge in [-0.25, -0.2) is 0 Å². The van der Waals surface area contributed by atoms with E-state index in [2.05, 4.69) is 24.4 Å². The van der Waals surface area contributed by atoms with Crippen molar-refractivity contribution >= 4 is 11.6 Å². The van der Waals surface area contributed by atoms with Crippen molar-refractivity contribution in [1.29, 1.82) is 0 Å². The molecule has 1 nitrogen and oxygen atoms in total. The third kappa shape index (κ3) is 3.50. The van der Waals surface area contributed by atoms with Gasteiger partial charge < -0.3 is 5.32 Å². The second kappa shape index (κ2) is 5.70. The zero-order chi connectivity index (χ0) is 11.4. The fraction of sp³-hybridized carbons (Fsp3) is 0.571. The third-order valence-corrected chi connectivity index (χ3v) is 3.65. The largest absolute Gasteiger partial charge is 0.314 e. The summed E-state index contributed by atoms with van der Waals surface area (Å²) >= 11 is 5.97. The molecule has 1 aromatic carbocycles. The molecule has 0 aromatic heterocycles. The molecular formula is C14H20ClN. The Labute approximate surface area is 103 Å². The molecule has 2 rings (SSSR count). The maximum Gasteiger partial charge on any atom is 0.0408 e. The number of benzene rings is 1.